The SMILES string of the molecule is CCCCCCCCCc1ccc(OCCOCCCCS(=O)(=O)[O-])cc1.[Na+]. The monoisotopic (exact) mass is 422 g/mol. The van der Waals surface area contributed by atoms with Crippen LogP contribution in [0.4, 0.5) is 0 Å². The van der Waals surface area contributed by atoms with E-state index in [1.165, 1.54) is 50.5 Å². The maximum Gasteiger partial charge on any atom is 1.00 e. The summed E-state index contributed by atoms with van der Waals surface area (Å²) in [6.07, 6.45) is 11.3. The molecular formula is C21H35NaO5S. The van der Waals surface area contributed by atoms with Gasteiger partial charge in [0, 0.05) is 12.4 Å². The van der Waals surface area contributed by atoms with E-state index in [0.717, 1.165) is 12.2 Å². The third-order valence-corrected chi connectivity index (χ3v) is 5.21. The van der Waals surface area contributed by atoms with Gasteiger partial charge in [0.1, 0.15) is 12.4 Å². The van der Waals surface area contributed by atoms with E-state index >= 15 is 0 Å². The molecule has 1 rings (SSSR count). The van der Waals surface area contributed by atoms with Crippen molar-refractivity contribution in [3.05, 3.63) is 29.8 Å². The van der Waals surface area contributed by atoms with E-state index in [9.17, 15) is 13.0 Å². The molecule has 7 heteroatoms. The third-order valence-electron chi connectivity index (χ3n) is 4.42. The van der Waals surface area contributed by atoms with Crippen molar-refractivity contribution in [2.24, 2.45) is 0 Å². The first kappa shape index (κ1) is 27.9. The number of ether oxygens (including phenoxy) is 2. The number of hydrogen-bond acceptors (Lipinski definition) is 5. The Morgan fingerprint density at radius 1 is 0.821 bits per heavy atom. The number of benzene rings is 1. The van der Waals surface area contributed by atoms with Crippen molar-refractivity contribution in [1.29, 1.82) is 0 Å². The van der Waals surface area contributed by atoms with E-state index in [0.29, 0.717) is 32.7 Å². The van der Waals surface area contributed by atoms with Crippen LogP contribution in [0.1, 0.15) is 70.3 Å². The molecule has 0 aliphatic rings. The fraction of sp³-hybridized carbons (Fsp3) is 0.714. The number of hydrogen-bond donors (Lipinski definition) is 0. The van der Waals surface area contributed by atoms with Crippen LogP contribution in [-0.2, 0) is 21.3 Å². The molecule has 156 valence electrons. The van der Waals surface area contributed by atoms with Crippen molar-refractivity contribution in [2.75, 3.05) is 25.6 Å². The Morgan fingerprint density at radius 2 is 1.46 bits per heavy atom. The van der Waals surface area contributed by atoms with Crippen molar-refractivity contribution in [2.45, 2.75) is 71.1 Å². The fourth-order valence-electron chi connectivity index (χ4n) is 2.84. The molecule has 0 heterocycles. The van der Waals surface area contributed by atoms with Crippen LogP contribution in [0.3, 0.4) is 0 Å². The second-order valence-electron chi connectivity index (χ2n) is 6.95. The molecule has 0 spiro atoms. The van der Waals surface area contributed by atoms with Gasteiger partial charge in [-0.1, -0.05) is 57.6 Å². The molecule has 0 saturated heterocycles. The van der Waals surface area contributed by atoms with Gasteiger partial charge in [-0.3, -0.25) is 0 Å². The predicted molar refractivity (Wildman–Crippen MR) is 108 cm³/mol. The smallest absolute Gasteiger partial charge is 0.748 e. The third kappa shape index (κ3) is 16.8. The van der Waals surface area contributed by atoms with E-state index in [1.807, 2.05) is 12.1 Å². The Kier molecular flexibility index (Phi) is 17.7. The minimum atomic E-state index is -4.10. The van der Waals surface area contributed by atoms with E-state index in [1.54, 1.807) is 0 Å². The molecule has 0 bridgehead atoms. The molecule has 0 unspecified atom stereocenters. The van der Waals surface area contributed by atoms with Crippen LogP contribution in [0, 0.1) is 0 Å². The summed E-state index contributed by atoms with van der Waals surface area (Å²) in [6, 6.07) is 8.23. The summed E-state index contributed by atoms with van der Waals surface area (Å²) >= 11 is 0. The largest absolute Gasteiger partial charge is 1.00 e. The maximum absolute atomic E-state index is 10.5. The quantitative estimate of drug-likeness (QED) is 0.217. The summed E-state index contributed by atoms with van der Waals surface area (Å²) in [7, 11) is -4.10. The van der Waals surface area contributed by atoms with Crippen LogP contribution in [0.2, 0.25) is 0 Å². The molecule has 1 aromatic rings. The zero-order chi connectivity index (χ0) is 19.8. The zero-order valence-electron chi connectivity index (χ0n) is 17.7. The van der Waals surface area contributed by atoms with Crippen molar-refractivity contribution in [3.8, 4) is 5.75 Å². The van der Waals surface area contributed by atoms with Gasteiger partial charge in [-0.2, -0.15) is 0 Å². The van der Waals surface area contributed by atoms with Crippen molar-refractivity contribution >= 4 is 10.1 Å². The van der Waals surface area contributed by atoms with E-state index in [-0.39, 0.29) is 35.3 Å². The summed E-state index contributed by atoms with van der Waals surface area (Å²) in [4.78, 5) is 0. The Morgan fingerprint density at radius 3 is 2.11 bits per heavy atom. The summed E-state index contributed by atoms with van der Waals surface area (Å²) < 4.78 is 42.4. The van der Waals surface area contributed by atoms with Gasteiger partial charge in [0.2, 0.25) is 0 Å². The van der Waals surface area contributed by atoms with Gasteiger partial charge in [0.25, 0.3) is 0 Å². The summed E-state index contributed by atoms with van der Waals surface area (Å²) in [5, 5.41) is 0. The minimum absolute atomic E-state index is 0. The summed E-state index contributed by atoms with van der Waals surface area (Å²) in [5.41, 5.74) is 1.35. The number of rotatable bonds is 17. The molecule has 0 aliphatic heterocycles. The molecule has 0 atom stereocenters. The standard InChI is InChI=1S/C21H36O5S.Na/c1-2-3-4-5-6-7-8-11-20-12-14-21(15-13-20)26-18-17-25-16-9-10-19-27(22,23)24;/h12-15H,2-11,16-19H2,1H3,(H,22,23,24);/q;+1/p-1. The predicted octanol–water partition coefficient (Wildman–Crippen LogP) is 1.70. The van der Waals surface area contributed by atoms with Crippen molar-refractivity contribution in [3.63, 3.8) is 0 Å². The average Bonchev–Trinajstić information content (AvgIpc) is 2.63. The number of unbranched alkanes of at least 4 members (excludes halogenated alkanes) is 7. The van der Waals surface area contributed by atoms with Gasteiger partial charge in [0.05, 0.1) is 16.7 Å². The molecule has 0 saturated carbocycles. The molecule has 0 aromatic heterocycles. The first-order valence-electron chi connectivity index (χ1n) is 10.2. The minimum Gasteiger partial charge on any atom is -0.748 e. The second kappa shape index (κ2) is 17.7. The van der Waals surface area contributed by atoms with Crippen LogP contribution in [0.15, 0.2) is 24.3 Å². The van der Waals surface area contributed by atoms with Gasteiger partial charge >= 0.3 is 29.6 Å². The molecule has 0 N–H and O–H groups in total. The molecule has 1 aromatic carbocycles. The molecule has 28 heavy (non-hydrogen) atoms. The molecule has 0 amide bonds. The van der Waals surface area contributed by atoms with Crippen LogP contribution in [0.5, 0.6) is 5.75 Å². The fourth-order valence-corrected chi connectivity index (χ4v) is 3.40. The first-order valence-corrected chi connectivity index (χ1v) is 11.8. The van der Waals surface area contributed by atoms with Crippen molar-refractivity contribution < 1.29 is 52.0 Å². The van der Waals surface area contributed by atoms with Crippen LogP contribution < -0.4 is 34.3 Å². The number of aryl methyl sites for hydroxylation is 1. The first-order chi connectivity index (χ1) is 13.0. The van der Waals surface area contributed by atoms with Crippen LogP contribution >= 0.6 is 0 Å². The van der Waals surface area contributed by atoms with E-state index in [4.69, 9.17) is 9.47 Å². The Bertz CT molecular complexity index is 575. The summed E-state index contributed by atoms with van der Waals surface area (Å²) in [6.45, 7) is 3.59. The Hall–Kier alpha value is -0.110. The van der Waals surface area contributed by atoms with Crippen LogP contribution in [0.25, 0.3) is 0 Å². The Labute approximate surface area is 193 Å². The molecule has 0 fully saturated rings. The van der Waals surface area contributed by atoms with E-state index < -0.39 is 10.1 Å². The van der Waals surface area contributed by atoms with Crippen LogP contribution in [-0.4, -0.2) is 38.5 Å². The normalized spacial score (nSPS) is 11.2. The summed E-state index contributed by atoms with van der Waals surface area (Å²) in [5.74, 6) is 0.511. The molecular weight excluding hydrogens is 387 g/mol. The second-order valence-corrected chi connectivity index (χ2v) is 8.47. The van der Waals surface area contributed by atoms with Gasteiger partial charge in [-0.25, -0.2) is 8.42 Å². The van der Waals surface area contributed by atoms with E-state index in [2.05, 4.69) is 19.1 Å². The topological polar surface area (TPSA) is 75.7 Å². The van der Waals surface area contributed by atoms with Crippen molar-refractivity contribution in [1.82, 2.24) is 0 Å². The molecule has 0 aliphatic carbocycles. The maximum atomic E-state index is 10.5. The van der Waals surface area contributed by atoms with Gasteiger partial charge in [-0.15, -0.1) is 0 Å². The average molecular weight is 423 g/mol. The Balaban J connectivity index is 0.00000729. The molecule has 0 radical (unpaired) electrons. The van der Waals surface area contributed by atoms with Gasteiger partial charge in [-0.05, 0) is 43.4 Å². The van der Waals surface area contributed by atoms with Gasteiger partial charge in [0.15, 0.2) is 0 Å². The molecule has 5 nitrogen and oxygen atoms in total. The van der Waals surface area contributed by atoms with Gasteiger partial charge < -0.3 is 14.0 Å². The zero-order valence-corrected chi connectivity index (χ0v) is 20.5.